The molecule has 0 spiro atoms. The Hall–Kier alpha value is -2.17. The van der Waals surface area contributed by atoms with Crippen LogP contribution in [0.1, 0.15) is 24.1 Å². The number of H-pyrrole nitrogens is 1. The van der Waals surface area contributed by atoms with Crippen LogP contribution in [-0.4, -0.2) is 4.92 Å². The van der Waals surface area contributed by atoms with Gasteiger partial charge in [0, 0.05) is 18.1 Å². The lowest BCUT2D eigenvalue weighted by Gasteiger charge is -2.13. The van der Waals surface area contributed by atoms with E-state index in [0.717, 1.165) is 48.0 Å². The molecular formula is C13H14N3O2+. The summed E-state index contributed by atoms with van der Waals surface area (Å²) in [5, 5.41) is 11.7. The molecule has 0 fully saturated rings. The van der Waals surface area contributed by atoms with Gasteiger partial charge in [-0.05, 0) is 25.3 Å². The Morgan fingerprint density at radius 3 is 2.83 bits per heavy atom. The average molecular weight is 244 g/mol. The van der Waals surface area contributed by atoms with Crippen LogP contribution in [0, 0.1) is 10.1 Å². The van der Waals surface area contributed by atoms with Crippen LogP contribution >= 0.6 is 0 Å². The molecule has 1 heterocycles. The third kappa shape index (κ3) is 1.59. The number of nitro benzene ring substituents is 1. The number of nitrogens with one attached hydrogen (secondary N) is 1. The second-order valence-corrected chi connectivity index (χ2v) is 4.69. The smallest absolute Gasteiger partial charge is 0.276 e. The van der Waals surface area contributed by atoms with Crippen LogP contribution in [0.5, 0.6) is 0 Å². The van der Waals surface area contributed by atoms with E-state index < -0.39 is 0 Å². The lowest BCUT2D eigenvalue weighted by atomic mass is 9.93. The van der Waals surface area contributed by atoms with Crippen molar-refractivity contribution in [1.82, 2.24) is 0 Å². The summed E-state index contributed by atoms with van der Waals surface area (Å²) in [6, 6.07) is 4.79. The first-order valence-electron chi connectivity index (χ1n) is 6.07. The lowest BCUT2D eigenvalue weighted by molar-refractivity contribution is -0.386. The number of nitrogens with zero attached hydrogens (tertiary/aromatic N) is 1. The van der Waals surface area contributed by atoms with Crippen LogP contribution in [0.15, 0.2) is 18.2 Å². The van der Waals surface area contributed by atoms with Crippen molar-refractivity contribution in [2.75, 3.05) is 5.73 Å². The number of nitrogen functional groups attached to an aromatic ring is 1. The molecule has 0 atom stereocenters. The standard InChI is InChI=1S/C13H13N3O2/c14-13-9-3-1-2-4-11(9)15-12-7-8(16(17)18)5-6-10(12)13/h5-7H,1-4H2,(H2,14,15)/p+1. The third-order valence-electron chi connectivity index (χ3n) is 3.58. The van der Waals surface area contributed by atoms with E-state index in [1.54, 1.807) is 12.1 Å². The molecule has 1 aliphatic rings. The summed E-state index contributed by atoms with van der Waals surface area (Å²) < 4.78 is 0. The summed E-state index contributed by atoms with van der Waals surface area (Å²) >= 11 is 0. The zero-order valence-corrected chi connectivity index (χ0v) is 9.90. The number of rotatable bonds is 1. The van der Waals surface area contributed by atoms with E-state index in [1.807, 2.05) is 0 Å². The Bertz CT molecular complexity index is 652. The minimum Gasteiger partial charge on any atom is -0.398 e. The summed E-state index contributed by atoms with van der Waals surface area (Å²) in [5.74, 6) is 0. The second kappa shape index (κ2) is 3.94. The molecule has 0 radical (unpaired) electrons. The van der Waals surface area contributed by atoms with Crippen molar-refractivity contribution in [3.63, 3.8) is 0 Å². The first kappa shape index (κ1) is 11.0. The number of hydrogen-bond donors (Lipinski definition) is 1. The number of hydrogen-bond acceptors (Lipinski definition) is 3. The van der Waals surface area contributed by atoms with Crippen LogP contribution < -0.4 is 10.7 Å². The average Bonchev–Trinajstić information content (AvgIpc) is 2.38. The number of anilines is 1. The molecule has 0 saturated heterocycles. The molecule has 18 heavy (non-hydrogen) atoms. The quantitative estimate of drug-likeness (QED) is 0.615. The van der Waals surface area contributed by atoms with Crippen molar-refractivity contribution < 1.29 is 9.91 Å². The molecule has 5 heteroatoms. The molecule has 1 aliphatic carbocycles. The van der Waals surface area contributed by atoms with Crippen molar-refractivity contribution in [2.24, 2.45) is 0 Å². The van der Waals surface area contributed by atoms with E-state index >= 15 is 0 Å². The lowest BCUT2D eigenvalue weighted by Crippen LogP contribution is -2.21. The van der Waals surface area contributed by atoms with Gasteiger partial charge in [-0.25, -0.2) is 4.98 Å². The molecule has 5 nitrogen and oxygen atoms in total. The molecule has 3 rings (SSSR count). The highest BCUT2D eigenvalue weighted by atomic mass is 16.6. The van der Waals surface area contributed by atoms with Crippen molar-refractivity contribution in [3.8, 4) is 0 Å². The van der Waals surface area contributed by atoms with Gasteiger partial charge in [0.15, 0.2) is 5.69 Å². The highest BCUT2D eigenvalue weighted by molar-refractivity contribution is 5.91. The van der Waals surface area contributed by atoms with Gasteiger partial charge in [-0.2, -0.15) is 0 Å². The number of fused-ring (bicyclic) bond motifs is 2. The second-order valence-electron chi connectivity index (χ2n) is 4.69. The first-order chi connectivity index (χ1) is 8.66. The molecule has 1 aromatic heterocycles. The summed E-state index contributed by atoms with van der Waals surface area (Å²) in [5.41, 5.74) is 10.1. The fraction of sp³-hybridized carbons (Fsp3) is 0.308. The molecule has 2 aromatic rings. The summed E-state index contributed by atoms with van der Waals surface area (Å²) in [7, 11) is 0. The Balaban J connectivity index is 2.28. The van der Waals surface area contributed by atoms with Crippen LogP contribution in [0.3, 0.4) is 0 Å². The first-order valence-corrected chi connectivity index (χ1v) is 6.07. The molecule has 0 amide bonds. The number of nitro groups is 1. The normalized spacial score (nSPS) is 14.4. The summed E-state index contributed by atoms with van der Waals surface area (Å²) in [6.45, 7) is 0. The number of aromatic nitrogens is 1. The number of nitrogens with two attached hydrogens (primary N) is 1. The zero-order valence-electron chi connectivity index (χ0n) is 9.90. The van der Waals surface area contributed by atoms with E-state index in [2.05, 4.69) is 4.98 Å². The van der Waals surface area contributed by atoms with E-state index in [9.17, 15) is 10.1 Å². The maximum absolute atomic E-state index is 10.8. The fourth-order valence-electron chi connectivity index (χ4n) is 2.65. The molecule has 1 aromatic carbocycles. The van der Waals surface area contributed by atoms with Gasteiger partial charge in [0.05, 0.1) is 22.1 Å². The van der Waals surface area contributed by atoms with E-state index in [-0.39, 0.29) is 10.6 Å². The van der Waals surface area contributed by atoms with Gasteiger partial charge in [-0.15, -0.1) is 0 Å². The number of aromatic amines is 1. The number of non-ortho nitro benzene ring substituents is 1. The van der Waals surface area contributed by atoms with Crippen LogP contribution in [0.2, 0.25) is 0 Å². The van der Waals surface area contributed by atoms with Crippen LogP contribution in [0.25, 0.3) is 10.9 Å². The number of aryl methyl sites for hydroxylation is 1. The van der Waals surface area contributed by atoms with Gasteiger partial charge in [0.2, 0.25) is 5.52 Å². The molecule has 0 unspecified atom stereocenters. The van der Waals surface area contributed by atoms with Crippen molar-refractivity contribution >= 4 is 22.3 Å². The predicted molar refractivity (Wildman–Crippen MR) is 68.2 cm³/mol. The van der Waals surface area contributed by atoms with Gasteiger partial charge in [0.25, 0.3) is 5.69 Å². The van der Waals surface area contributed by atoms with E-state index in [4.69, 9.17) is 5.73 Å². The summed E-state index contributed by atoms with van der Waals surface area (Å²) in [4.78, 5) is 13.7. The largest absolute Gasteiger partial charge is 0.398 e. The van der Waals surface area contributed by atoms with Crippen LogP contribution in [-0.2, 0) is 12.8 Å². The molecule has 0 saturated carbocycles. The highest BCUT2D eigenvalue weighted by Gasteiger charge is 2.22. The Morgan fingerprint density at radius 1 is 1.28 bits per heavy atom. The van der Waals surface area contributed by atoms with Crippen molar-refractivity contribution in [1.29, 1.82) is 0 Å². The van der Waals surface area contributed by atoms with E-state index in [0.29, 0.717) is 0 Å². The Morgan fingerprint density at radius 2 is 2.06 bits per heavy atom. The fourth-order valence-corrected chi connectivity index (χ4v) is 2.65. The van der Waals surface area contributed by atoms with E-state index in [1.165, 1.54) is 11.6 Å². The topological polar surface area (TPSA) is 83.3 Å². The van der Waals surface area contributed by atoms with Gasteiger partial charge in [-0.1, -0.05) is 0 Å². The molecule has 3 N–H and O–H groups in total. The van der Waals surface area contributed by atoms with Crippen LogP contribution in [0.4, 0.5) is 11.4 Å². The van der Waals surface area contributed by atoms with Gasteiger partial charge in [0.1, 0.15) is 0 Å². The minimum atomic E-state index is -0.386. The maximum Gasteiger partial charge on any atom is 0.276 e. The summed E-state index contributed by atoms with van der Waals surface area (Å²) in [6.07, 6.45) is 4.26. The third-order valence-corrected chi connectivity index (χ3v) is 3.58. The highest BCUT2D eigenvalue weighted by Crippen LogP contribution is 2.30. The minimum absolute atomic E-state index is 0.0916. The Labute approximate surface area is 104 Å². The molecule has 0 bridgehead atoms. The number of pyridine rings is 1. The Kier molecular flexibility index (Phi) is 2.40. The SMILES string of the molecule is Nc1c2c([nH+]c3cc([N+](=O)[O-])ccc13)CCCC2. The molecule has 0 aliphatic heterocycles. The van der Waals surface area contributed by atoms with Crippen molar-refractivity contribution in [2.45, 2.75) is 25.7 Å². The molecular weight excluding hydrogens is 230 g/mol. The van der Waals surface area contributed by atoms with Crippen molar-refractivity contribution in [3.05, 3.63) is 39.6 Å². The predicted octanol–water partition coefficient (Wildman–Crippen LogP) is 2.02. The monoisotopic (exact) mass is 244 g/mol. The van der Waals surface area contributed by atoms with Gasteiger partial charge < -0.3 is 5.73 Å². The maximum atomic E-state index is 10.8. The molecule has 92 valence electrons. The zero-order chi connectivity index (χ0) is 12.7. The van der Waals surface area contributed by atoms with Gasteiger partial charge >= 0.3 is 0 Å². The van der Waals surface area contributed by atoms with Gasteiger partial charge in [-0.3, -0.25) is 10.1 Å². The number of benzene rings is 1.